The first-order chi connectivity index (χ1) is 38.1. The fraction of sp³-hybridized carbons (Fsp3) is 0.111. The zero-order valence-corrected chi connectivity index (χ0v) is 45.7. The molecule has 0 saturated heterocycles. The predicted molar refractivity (Wildman–Crippen MR) is 306 cm³/mol. The van der Waals surface area contributed by atoms with Crippen molar-refractivity contribution in [1.29, 1.82) is 0 Å². The summed E-state index contributed by atoms with van der Waals surface area (Å²) < 4.78 is 41.8. The number of hydrogen-bond donors (Lipinski definition) is 4. The van der Waals surface area contributed by atoms with Gasteiger partial charge in [0.25, 0.3) is 0 Å². The predicted octanol–water partition coefficient (Wildman–Crippen LogP) is 12.3. The van der Waals surface area contributed by atoms with Crippen LogP contribution in [0.3, 0.4) is 0 Å². The van der Waals surface area contributed by atoms with Crippen molar-refractivity contribution in [2.45, 2.75) is 45.3 Å². The van der Waals surface area contributed by atoms with Gasteiger partial charge in [-0.25, -0.2) is 13.2 Å². The standard InChI is InChI=1S/C20H17FN2O2.C20H17FN2O.C15H13BrFNO.C8H7BrO2/c21-19-3-1-2-16(12-19)14-22-20(24)13-15-4-6-17(7-5-15)18-8-10-23(25)11-9-18;21-19-3-1-2-16(12-19)14-23-20(24)13-15-4-6-17(7-5-15)18-8-10-22-11-9-18;16-13-6-4-11(5-7-13)9-15(19)18-10-12-2-1-3-14(17)8-12;9-7-3-1-6(2-4-7)5-8(10)11/h1-12H,13-14H2,(H,22,24);1-12H,13-14H2,(H,23,24);1-8H,9-10H2,(H,18,19);1-4H,5H2,(H,10,11). The molecule has 0 bridgehead atoms. The quantitative estimate of drug-likeness (QED) is 0.0552. The summed E-state index contributed by atoms with van der Waals surface area (Å²) >= 11 is 6.61. The summed E-state index contributed by atoms with van der Waals surface area (Å²) in [5.41, 5.74) is 9.90. The Morgan fingerprint density at radius 3 is 1.05 bits per heavy atom. The molecule has 0 saturated carbocycles. The largest absolute Gasteiger partial charge is 0.619 e. The smallest absolute Gasteiger partial charge is 0.307 e. The van der Waals surface area contributed by atoms with E-state index < -0.39 is 5.97 Å². The number of carbonyl (C=O) groups is 4. The molecule has 0 spiro atoms. The van der Waals surface area contributed by atoms with Crippen LogP contribution in [0.1, 0.15) is 38.9 Å². The minimum atomic E-state index is -0.799. The Morgan fingerprint density at radius 1 is 0.418 bits per heavy atom. The van der Waals surface area contributed by atoms with Gasteiger partial charge in [0.2, 0.25) is 17.7 Å². The highest BCUT2D eigenvalue weighted by atomic mass is 79.9. The zero-order valence-electron chi connectivity index (χ0n) is 42.5. The first kappa shape index (κ1) is 59.5. The molecule has 3 amide bonds. The molecule has 2 aromatic heterocycles. The fourth-order valence-corrected chi connectivity index (χ4v) is 7.97. The topological polar surface area (TPSA) is 164 Å². The number of nitrogens with one attached hydrogen (secondary N) is 3. The van der Waals surface area contributed by atoms with E-state index in [4.69, 9.17) is 5.11 Å². The van der Waals surface area contributed by atoms with Gasteiger partial charge in [-0.05, 0) is 134 Å². The molecule has 0 aliphatic carbocycles. The van der Waals surface area contributed by atoms with Crippen LogP contribution in [0.25, 0.3) is 22.3 Å². The maximum Gasteiger partial charge on any atom is 0.307 e. The SMILES string of the molecule is O=C(Cc1ccc(-c2cc[n+]([O-])cc2)cc1)NCc1cccc(F)c1.O=C(Cc1ccc(-c2ccncc2)cc1)NCc1cccc(F)c1.O=C(Cc1ccc(Br)cc1)NCc1cccc(F)c1.O=C(O)Cc1ccc(Br)cc1. The van der Waals surface area contributed by atoms with Gasteiger partial charge < -0.3 is 26.3 Å². The van der Waals surface area contributed by atoms with Crippen LogP contribution < -0.4 is 20.7 Å². The van der Waals surface area contributed by atoms with Gasteiger partial charge in [-0.15, -0.1) is 0 Å². The van der Waals surface area contributed by atoms with E-state index in [9.17, 15) is 37.6 Å². The summed E-state index contributed by atoms with van der Waals surface area (Å²) in [5.74, 6) is -1.99. The average molecular weight is 1190 g/mol. The molecule has 16 heteroatoms. The van der Waals surface area contributed by atoms with Gasteiger partial charge in [0.05, 0.1) is 25.7 Å². The number of amides is 3. The number of hydrogen-bond acceptors (Lipinski definition) is 6. The summed E-state index contributed by atoms with van der Waals surface area (Å²) in [6, 6.07) is 56.3. The average Bonchev–Trinajstić information content (AvgIpc) is 3.45. The molecular formula is C63H54Br2F3N5O6. The molecule has 2 heterocycles. The van der Waals surface area contributed by atoms with E-state index in [0.29, 0.717) is 32.5 Å². The van der Waals surface area contributed by atoms with Gasteiger partial charge in [-0.3, -0.25) is 24.2 Å². The molecule has 0 unspecified atom stereocenters. The molecule has 9 rings (SSSR count). The van der Waals surface area contributed by atoms with Crippen molar-refractivity contribution in [2.24, 2.45) is 0 Å². The molecule has 9 aromatic rings. The highest BCUT2D eigenvalue weighted by Crippen LogP contribution is 2.21. The lowest BCUT2D eigenvalue weighted by Gasteiger charge is -2.07. The van der Waals surface area contributed by atoms with Crippen molar-refractivity contribution in [3.05, 3.63) is 289 Å². The van der Waals surface area contributed by atoms with Gasteiger partial charge in [0.1, 0.15) is 17.5 Å². The number of carboxylic acids is 1. The van der Waals surface area contributed by atoms with Crippen LogP contribution in [0, 0.1) is 22.7 Å². The van der Waals surface area contributed by atoms with Crippen molar-refractivity contribution >= 4 is 55.6 Å². The second-order valence-corrected chi connectivity index (χ2v) is 19.5. The Hall–Kier alpha value is -8.73. The van der Waals surface area contributed by atoms with Crippen molar-refractivity contribution in [1.82, 2.24) is 20.9 Å². The molecule has 0 aliphatic rings. The van der Waals surface area contributed by atoms with Crippen LogP contribution in [0.15, 0.2) is 228 Å². The molecule has 0 fully saturated rings. The van der Waals surface area contributed by atoms with E-state index in [1.807, 2.05) is 97.1 Å². The molecule has 0 radical (unpaired) electrons. The van der Waals surface area contributed by atoms with Crippen LogP contribution in [0.5, 0.6) is 0 Å². The van der Waals surface area contributed by atoms with Gasteiger partial charge in [0, 0.05) is 53.1 Å². The third-order valence-electron chi connectivity index (χ3n) is 11.5. The number of rotatable bonds is 16. The van der Waals surface area contributed by atoms with E-state index in [2.05, 4.69) is 52.8 Å². The number of pyridine rings is 2. The van der Waals surface area contributed by atoms with E-state index in [1.54, 1.807) is 73.1 Å². The summed E-state index contributed by atoms with van der Waals surface area (Å²) in [7, 11) is 0. The Labute approximate surface area is 473 Å². The normalized spacial score (nSPS) is 10.2. The number of aliphatic carboxylic acids is 1. The van der Waals surface area contributed by atoms with E-state index in [-0.39, 0.29) is 48.0 Å². The molecule has 11 nitrogen and oxygen atoms in total. The van der Waals surface area contributed by atoms with Crippen LogP contribution in [-0.2, 0) is 64.5 Å². The Bertz CT molecular complexity index is 3380. The molecule has 0 atom stereocenters. The second-order valence-electron chi connectivity index (χ2n) is 17.7. The molecule has 7 aromatic carbocycles. The monoisotopic (exact) mass is 1190 g/mol. The van der Waals surface area contributed by atoms with Crippen LogP contribution in [0.4, 0.5) is 13.2 Å². The van der Waals surface area contributed by atoms with Gasteiger partial charge in [0.15, 0.2) is 12.4 Å². The minimum absolute atomic E-state index is 0.0772. The number of carbonyl (C=O) groups excluding carboxylic acids is 3. The van der Waals surface area contributed by atoms with E-state index >= 15 is 0 Å². The summed E-state index contributed by atoms with van der Waals surface area (Å²) in [5, 5.41) is 27.9. The van der Waals surface area contributed by atoms with Gasteiger partial charge in [-0.2, -0.15) is 4.73 Å². The molecular weight excluding hydrogens is 1140 g/mol. The Balaban J connectivity index is 0.000000176. The molecule has 0 aliphatic heterocycles. The lowest BCUT2D eigenvalue weighted by atomic mass is 10.0. The zero-order chi connectivity index (χ0) is 56.4. The number of nitrogens with zero attached hydrogens (tertiary/aromatic N) is 2. The van der Waals surface area contributed by atoms with Gasteiger partial charge in [-0.1, -0.05) is 141 Å². The van der Waals surface area contributed by atoms with Gasteiger partial charge >= 0.3 is 5.97 Å². The lowest BCUT2D eigenvalue weighted by molar-refractivity contribution is -0.605. The number of halogens is 5. The first-order valence-electron chi connectivity index (χ1n) is 24.6. The number of aromatic nitrogens is 2. The summed E-state index contributed by atoms with van der Waals surface area (Å²) in [6.07, 6.45) is 7.37. The van der Waals surface area contributed by atoms with E-state index in [1.165, 1.54) is 48.8 Å². The van der Waals surface area contributed by atoms with E-state index in [0.717, 1.165) is 74.9 Å². The maximum atomic E-state index is 13.1. The van der Waals surface area contributed by atoms with Crippen molar-refractivity contribution in [3.63, 3.8) is 0 Å². The Kier molecular flexibility index (Phi) is 23.7. The van der Waals surface area contributed by atoms with Crippen molar-refractivity contribution < 1.29 is 42.2 Å². The van der Waals surface area contributed by atoms with Crippen molar-refractivity contribution in [3.8, 4) is 22.3 Å². The molecule has 402 valence electrons. The first-order valence-corrected chi connectivity index (χ1v) is 26.2. The van der Waals surface area contributed by atoms with Crippen LogP contribution >= 0.6 is 31.9 Å². The minimum Gasteiger partial charge on any atom is -0.619 e. The number of benzene rings is 7. The lowest BCUT2D eigenvalue weighted by Crippen LogP contribution is -2.24. The summed E-state index contributed by atoms with van der Waals surface area (Å²) in [6.45, 7) is 0.965. The second kappa shape index (κ2) is 31.5. The maximum absolute atomic E-state index is 13.1. The molecule has 79 heavy (non-hydrogen) atoms. The van der Waals surface area contributed by atoms with Crippen LogP contribution in [0.2, 0.25) is 0 Å². The number of carboxylic acid groups (broad SMARTS) is 1. The van der Waals surface area contributed by atoms with Crippen molar-refractivity contribution in [2.75, 3.05) is 0 Å². The summed E-state index contributed by atoms with van der Waals surface area (Å²) in [4.78, 5) is 50.0. The fourth-order valence-electron chi connectivity index (χ4n) is 7.45. The third-order valence-corrected chi connectivity index (χ3v) is 12.5. The highest BCUT2D eigenvalue weighted by Gasteiger charge is 2.09. The van der Waals surface area contributed by atoms with Crippen LogP contribution in [-0.4, -0.2) is 33.8 Å². The highest BCUT2D eigenvalue weighted by molar-refractivity contribution is 9.10. The molecule has 4 N–H and O–H groups in total. The Morgan fingerprint density at radius 2 is 0.722 bits per heavy atom. The third kappa shape index (κ3) is 22.4.